The summed E-state index contributed by atoms with van der Waals surface area (Å²) in [7, 11) is 0. The first-order chi connectivity index (χ1) is 10.4. The van der Waals surface area contributed by atoms with Gasteiger partial charge in [-0.05, 0) is 49.4 Å². The summed E-state index contributed by atoms with van der Waals surface area (Å²) >= 11 is 0. The van der Waals surface area contributed by atoms with Crippen LogP contribution in [0.25, 0.3) is 10.9 Å². The molecule has 1 fully saturated rings. The van der Waals surface area contributed by atoms with E-state index in [9.17, 15) is 0 Å². The van der Waals surface area contributed by atoms with Crippen LogP contribution in [0.2, 0.25) is 0 Å². The van der Waals surface area contributed by atoms with Crippen LogP contribution in [-0.2, 0) is 0 Å². The summed E-state index contributed by atoms with van der Waals surface area (Å²) in [5.41, 5.74) is 2.60. The molecule has 0 amide bonds. The Balaban J connectivity index is 1.88. The lowest BCUT2D eigenvalue weighted by Crippen LogP contribution is -2.34. The van der Waals surface area contributed by atoms with Crippen molar-refractivity contribution in [3.8, 4) is 0 Å². The van der Waals surface area contributed by atoms with Crippen molar-refractivity contribution in [3.63, 3.8) is 0 Å². The van der Waals surface area contributed by atoms with Crippen LogP contribution in [0.4, 0.5) is 0 Å². The minimum atomic E-state index is 0.633. The van der Waals surface area contributed by atoms with Gasteiger partial charge in [0.25, 0.3) is 0 Å². The van der Waals surface area contributed by atoms with E-state index in [-0.39, 0.29) is 0 Å². The number of benzene rings is 1. The van der Waals surface area contributed by atoms with E-state index >= 15 is 0 Å². The smallest absolute Gasteiger partial charge is 0.0704 e. The summed E-state index contributed by atoms with van der Waals surface area (Å²) in [6.45, 7) is 3.38. The molecule has 0 spiro atoms. The Morgan fingerprint density at radius 2 is 2.05 bits per heavy atom. The number of fused-ring (bicyclic) bond motifs is 1. The van der Waals surface area contributed by atoms with Crippen molar-refractivity contribution in [2.45, 2.75) is 57.4 Å². The molecule has 1 aliphatic carbocycles. The summed E-state index contributed by atoms with van der Waals surface area (Å²) in [5.74, 6) is 0.644. The highest BCUT2D eigenvalue weighted by molar-refractivity contribution is 5.79. The fraction of sp³-hybridized carbons (Fsp3) is 0.526. The third kappa shape index (κ3) is 3.44. The number of nitrogens with zero attached hydrogens (tertiary/aromatic N) is 1. The zero-order chi connectivity index (χ0) is 14.5. The average molecular weight is 282 g/mol. The van der Waals surface area contributed by atoms with Crippen molar-refractivity contribution in [3.05, 3.63) is 42.1 Å². The molecule has 3 rings (SSSR count). The van der Waals surface area contributed by atoms with Gasteiger partial charge in [0.05, 0.1) is 5.52 Å². The van der Waals surface area contributed by atoms with Crippen LogP contribution in [0.5, 0.6) is 0 Å². The van der Waals surface area contributed by atoms with Crippen molar-refractivity contribution in [2.24, 2.45) is 0 Å². The molecule has 0 saturated heterocycles. The van der Waals surface area contributed by atoms with Crippen molar-refractivity contribution < 1.29 is 0 Å². The van der Waals surface area contributed by atoms with E-state index in [0.717, 1.165) is 12.1 Å². The molecular weight excluding hydrogens is 256 g/mol. The van der Waals surface area contributed by atoms with Gasteiger partial charge in [-0.2, -0.15) is 0 Å². The van der Waals surface area contributed by atoms with Crippen LogP contribution >= 0.6 is 0 Å². The third-order valence-corrected chi connectivity index (χ3v) is 4.73. The van der Waals surface area contributed by atoms with Crippen molar-refractivity contribution >= 4 is 10.9 Å². The SMILES string of the molecule is CCCNC1CCCCCC1c1ccc2cccnc2c1. The normalized spacial score (nSPS) is 23.1. The monoisotopic (exact) mass is 282 g/mol. The van der Waals surface area contributed by atoms with Crippen LogP contribution in [0.1, 0.15) is 56.9 Å². The van der Waals surface area contributed by atoms with Crippen molar-refractivity contribution in [2.75, 3.05) is 6.54 Å². The predicted molar refractivity (Wildman–Crippen MR) is 89.7 cm³/mol. The predicted octanol–water partition coefficient (Wildman–Crippen LogP) is 4.65. The Labute approximate surface area is 128 Å². The Bertz CT molecular complexity index is 579. The zero-order valence-corrected chi connectivity index (χ0v) is 13.0. The maximum atomic E-state index is 4.53. The van der Waals surface area contributed by atoms with Gasteiger partial charge < -0.3 is 5.32 Å². The van der Waals surface area contributed by atoms with E-state index in [2.05, 4.69) is 41.5 Å². The molecule has 1 aliphatic rings. The number of nitrogens with one attached hydrogen (secondary N) is 1. The minimum Gasteiger partial charge on any atom is -0.313 e. The Kier molecular flexibility index (Phi) is 4.87. The molecule has 0 bridgehead atoms. The highest BCUT2D eigenvalue weighted by atomic mass is 14.9. The van der Waals surface area contributed by atoms with Gasteiger partial charge in [-0.3, -0.25) is 4.98 Å². The molecule has 2 aromatic rings. The molecule has 0 radical (unpaired) electrons. The lowest BCUT2D eigenvalue weighted by molar-refractivity contribution is 0.411. The first-order valence-corrected chi connectivity index (χ1v) is 8.46. The highest BCUT2D eigenvalue weighted by Crippen LogP contribution is 2.33. The lowest BCUT2D eigenvalue weighted by atomic mass is 9.87. The van der Waals surface area contributed by atoms with Crippen molar-refractivity contribution in [1.29, 1.82) is 0 Å². The second-order valence-corrected chi connectivity index (χ2v) is 6.26. The summed E-state index contributed by atoms with van der Waals surface area (Å²) in [4.78, 5) is 4.53. The van der Waals surface area contributed by atoms with Gasteiger partial charge in [0.1, 0.15) is 0 Å². The van der Waals surface area contributed by atoms with Crippen LogP contribution in [0.3, 0.4) is 0 Å². The van der Waals surface area contributed by atoms with Gasteiger partial charge >= 0.3 is 0 Å². The van der Waals surface area contributed by atoms with Crippen molar-refractivity contribution in [1.82, 2.24) is 10.3 Å². The van der Waals surface area contributed by atoms with E-state index in [4.69, 9.17) is 0 Å². The Morgan fingerprint density at radius 1 is 1.14 bits per heavy atom. The van der Waals surface area contributed by atoms with Gasteiger partial charge in [-0.1, -0.05) is 44.4 Å². The van der Waals surface area contributed by atoms with Crippen LogP contribution < -0.4 is 5.32 Å². The second-order valence-electron chi connectivity index (χ2n) is 6.26. The van der Waals surface area contributed by atoms with Gasteiger partial charge in [0.15, 0.2) is 0 Å². The first kappa shape index (κ1) is 14.5. The van der Waals surface area contributed by atoms with Gasteiger partial charge in [0, 0.05) is 17.6 Å². The van der Waals surface area contributed by atoms with Crippen LogP contribution in [0, 0.1) is 0 Å². The molecular formula is C19H26N2. The quantitative estimate of drug-likeness (QED) is 0.826. The summed E-state index contributed by atoms with van der Waals surface area (Å²) < 4.78 is 0. The fourth-order valence-electron chi connectivity index (χ4n) is 3.59. The molecule has 1 heterocycles. The molecule has 2 nitrogen and oxygen atoms in total. The highest BCUT2D eigenvalue weighted by Gasteiger charge is 2.24. The summed E-state index contributed by atoms with van der Waals surface area (Å²) in [6.07, 6.45) is 9.82. The van der Waals surface area contributed by atoms with E-state index < -0.39 is 0 Å². The molecule has 1 saturated carbocycles. The molecule has 1 aromatic heterocycles. The topological polar surface area (TPSA) is 24.9 Å². The number of hydrogen-bond acceptors (Lipinski definition) is 2. The lowest BCUT2D eigenvalue weighted by Gasteiger charge is -2.27. The summed E-state index contributed by atoms with van der Waals surface area (Å²) in [5, 5.41) is 5.03. The molecule has 21 heavy (non-hydrogen) atoms. The third-order valence-electron chi connectivity index (χ3n) is 4.73. The zero-order valence-electron chi connectivity index (χ0n) is 13.0. The fourth-order valence-corrected chi connectivity index (χ4v) is 3.59. The number of rotatable bonds is 4. The van der Waals surface area contributed by atoms with E-state index in [1.54, 1.807) is 0 Å². The number of aromatic nitrogens is 1. The molecule has 112 valence electrons. The van der Waals surface area contributed by atoms with Gasteiger partial charge in [-0.25, -0.2) is 0 Å². The first-order valence-electron chi connectivity index (χ1n) is 8.46. The molecule has 1 N–H and O–H groups in total. The number of pyridine rings is 1. The second kappa shape index (κ2) is 7.04. The maximum absolute atomic E-state index is 4.53. The van der Waals surface area contributed by atoms with E-state index in [1.165, 1.54) is 49.5 Å². The maximum Gasteiger partial charge on any atom is 0.0704 e. The Morgan fingerprint density at radius 3 is 2.95 bits per heavy atom. The van der Waals surface area contributed by atoms with E-state index in [0.29, 0.717) is 12.0 Å². The van der Waals surface area contributed by atoms with Gasteiger partial charge in [0.2, 0.25) is 0 Å². The Hall–Kier alpha value is -1.41. The average Bonchev–Trinajstić information content (AvgIpc) is 2.78. The summed E-state index contributed by atoms with van der Waals surface area (Å²) in [6, 6.07) is 11.7. The number of hydrogen-bond donors (Lipinski definition) is 1. The molecule has 2 unspecified atom stereocenters. The molecule has 0 aliphatic heterocycles. The van der Waals surface area contributed by atoms with Crippen LogP contribution in [-0.4, -0.2) is 17.6 Å². The molecule has 2 atom stereocenters. The largest absolute Gasteiger partial charge is 0.313 e. The van der Waals surface area contributed by atoms with E-state index in [1.807, 2.05) is 12.3 Å². The van der Waals surface area contributed by atoms with Gasteiger partial charge in [-0.15, -0.1) is 0 Å². The van der Waals surface area contributed by atoms with Crippen LogP contribution in [0.15, 0.2) is 36.5 Å². The minimum absolute atomic E-state index is 0.633. The molecule has 1 aromatic carbocycles. The standard InChI is InChI=1S/C19H26N2/c1-2-12-20-18-9-5-3-4-8-17(18)16-11-10-15-7-6-13-21-19(15)14-16/h6-7,10-11,13-14,17-18,20H,2-5,8-9,12H2,1H3. The molecule has 2 heteroatoms.